The summed E-state index contributed by atoms with van der Waals surface area (Å²) in [5.41, 5.74) is 2.06. The van der Waals surface area contributed by atoms with Crippen LogP contribution in [0.25, 0.3) is 0 Å². The van der Waals surface area contributed by atoms with Gasteiger partial charge in [0.2, 0.25) is 5.91 Å². The number of carbonyl (C=O) groups is 2. The smallest absolute Gasteiger partial charge is 0.222 e. The van der Waals surface area contributed by atoms with Gasteiger partial charge in [0.1, 0.15) is 9.84 Å². The molecule has 1 aliphatic rings. The largest absolute Gasteiger partial charge is 0.353 e. The third kappa shape index (κ3) is 4.40. The lowest BCUT2D eigenvalue weighted by atomic mass is 10.1. The first kappa shape index (κ1) is 17.7. The molecule has 0 atom stereocenters. The van der Waals surface area contributed by atoms with Crippen LogP contribution in [0.4, 0.5) is 0 Å². The van der Waals surface area contributed by atoms with E-state index in [1.54, 1.807) is 11.6 Å². The molecule has 0 unspecified atom stereocenters. The van der Waals surface area contributed by atoms with Crippen LogP contribution < -0.4 is 5.32 Å². The normalized spacial score (nSPS) is 17.9. The van der Waals surface area contributed by atoms with Crippen molar-refractivity contribution in [2.24, 2.45) is 0 Å². The number of sulfone groups is 1. The van der Waals surface area contributed by atoms with E-state index < -0.39 is 9.84 Å². The van der Waals surface area contributed by atoms with Crippen LogP contribution in [0.15, 0.2) is 0 Å². The molecule has 7 nitrogen and oxygen atoms in total. The number of nitrogens with zero attached hydrogens (tertiary/aromatic N) is 2. The summed E-state index contributed by atoms with van der Waals surface area (Å²) in [6, 6.07) is -0.0701. The van der Waals surface area contributed by atoms with Crippen molar-refractivity contribution in [3.8, 4) is 0 Å². The lowest BCUT2D eigenvalue weighted by molar-refractivity contribution is -0.122. The van der Waals surface area contributed by atoms with Gasteiger partial charge in [-0.15, -0.1) is 0 Å². The first-order chi connectivity index (χ1) is 10.7. The molecule has 1 aliphatic heterocycles. The van der Waals surface area contributed by atoms with Crippen LogP contribution in [0.5, 0.6) is 0 Å². The average molecular weight is 341 g/mol. The first-order valence-corrected chi connectivity index (χ1v) is 9.56. The van der Waals surface area contributed by atoms with E-state index in [0.717, 1.165) is 5.69 Å². The Bertz CT molecular complexity index is 707. The second-order valence-corrected chi connectivity index (χ2v) is 8.37. The number of Topliss-reactive ketones (excluding diaryl/α,β-unsaturated/α-hetero) is 1. The average Bonchev–Trinajstić information content (AvgIpc) is 2.73. The summed E-state index contributed by atoms with van der Waals surface area (Å²) in [5, 5.41) is 7.18. The standard InChI is InChI=1S/C15H23N3O4S/c1-10-15(12(3)19)11(2)18(17-10)7-4-14(20)16-13-5-8-23(21,22)9-6-13/h13H,4-9H2,1-3H3,(H,16,20). The first-order valence-electron chi connectivity index (χ1n) is 7.74. The van der Waals surface area contributed by atoms with Crippen molar-refractivity contribution < 1.29 is 18.0 Å². The summed E-state index contributed by atoms with van der Waals surface area (Å²) >= 11 is 0. The van der Waals surface area contributed by atoms with Crippen molar-refractivity contribution in [2.75, 3.05) is 11.5 Å². The number of nitrogens with one attached hydrogen (secondary N) is 1. The maximum Gasteiger partial charge on any atom is 0.222 e. The number of aromatic nitrogens is 2. The predicted octanol–water partition coefficient (Wildman–Crippen LogP) is 0.786. The number of carbonyl (C=O) groups excluding carboxylic acids is 2. The molecule has 2 rings (SSSR count). The summed E-state index contributed by atoms with van der Waals surface area (Å²) in [7, 11) is -2.92. The Morgan fingerprint density at radius 2 is 1.87 bits per heavy atom. The highest BCUT2D eigenvalue weighted by molar-refractivity contribution is 7.91. The molecule has 1 aromatic rings. The predicted molar refractivity (Wildman–Crippen MR) is 86.1 cm³/mol. The van der Waals surface area contributed by atoms with Crippen LogP contribution in [0.3, 0.4) is 0 Å². The molecular formula is C15H23N3O4S. The summed E-state index contributed by atoms with van der Waals surface area (Å²) in [6.07, 6.45) is 1.20. The number of amides is 1. The van der Waals surface area contributed by atoms with Gasteiger partial charge in [-0.25, -0.2) is 8.42 Å². The quantitative estimate of drug-likeness (QED) is 0.798. The van der Waals surface area contributed by atoms with Crippen LogP contribution in [0.2, 0.25) is 0 Å². The summed E-state index contributed by atoms with van der Waals surface area (Å²) in [6.45, 7) is 5.51. The minimum absolute atomic E-state index is 0.0286. The van der Waals surface area contributed by atoms with E-state index in [-0.39, 0.29) is 35.7 Å². The molecule has 2 heterocycles. The fourth-order valence-electron chi connectivity index (χ4n) is 2.97. The molecule has 1 amide bonds. The minimum atomic E-state index is -2.92. The topological polar surface area (TPSA) is 98.1 Å². The molecule has 1 aromatic heterocycles. The third-order valence-electron chi connectivity index (χ3n) is 4.20. The van der Waals surface area contributed by atoms with Crippen molar-refractivity contribution in [3.05, 3.63) is 17.0 Å². The number of aryl methyl sites for hydroxylation is 2. The van der Waals surface area contributed by atoms with Gasteiger partial charge in [-0.1, -0.05) is 0 Å². The highest BCUT2D eigenvalue weighted by atomic mass is 32.2. The van der Waals surface area contributed by atoms with Gasteiger partial charge < -0.3 is 5.32 Å². The summed E-state index contributed by atoms with van der Waals surface area (Å²) in [4.78, 5) is 23.6. The van der Waals surface area contributed by atoms with Crippen LogP contribution >= 0.6 is 0 Å². The van der Waals surface area contributed by atoms with E-state index in [4.69, 9.17) is 0 Å². The third-order valence-corrected chi connectivity index (χ3v) is 5.92. The molecule has 0 bridgehead atoms. The van der Waals surface area contributed by atoms with Gasteiger partial charge in [0.05, 0.1) is 22.8 Å². The van der Waals surface area contributed by atoms with E-state index in [9.17, 15) is 18.0 Å². The number of ketones is 1. The fraction of sp³-hybridized carbons (Fsp3) is 0.667. The van der Waals surface area contributed by atoms with Crippen molar-refractivity contribution in [2.45, 2.75) is 52.6 Å². The Labute approximate surface area is 136 Å². The molecule has 8 heteroatoms. The molecule has 0 aromatic carbocycles. The molecule has 1 N–H and O–H groups in total. The van der Waals surface area contributed by atoms with Gasteiger partial charge >= 0.3 is 0 Å². The van der Waals surface area contributed by atoms with Gasteiger partial charge in [0.25, 0.3) is 0 Å². The maximum absolute atomic E-state index is 12.0. The van der Waals surface area contributed by atoms with E-state index in [1.807, 2.05) is 6.92 Å². The van der Waals surface area contributed by atoms with Gasteiger partial charge in [-0.05, 0) is 33.6 Å². The number of rotatable bonds is 5. The molecule has 0 spiro atoms. The zero-order valence-electron chi connectivity index (χ0n) is 13.8. The Morgan fingerprint density at radius 3 is 2.39 bits per heavy atom. The Balaban J connectivity index is 1.88. The molecular weight excluding hydrogens is 318 g/mol. The lowest BCUT2D eigenvalue weighted by Crippen LogP contribution is -2.41. The molecule has 0 aliphatic carbocycles. The van der Waals surface area contributed by atoms with Gasteiger partial charge in [0.15, 0.2) is 5.78 Å². The molecule has 1 fully saturated rings. The van der Waals surface area contributed by atoms with Crippen LogP contribution in [-0.4, -0.2) is 47.4 Å². The molecule has 0 radical (unpaired) electrons. The molecule has 1 saturated heterocycles. The monoisotopic (exact) mass is 341 g/mol. The zero-order chi connectivity index (χ0) is 17.2. The number of hydrogen-bond acceptors (Lipinski definition) is 5. The van der Waals surface area contributed by atoms with E-state index in [1.165, 1.54) is 6.92 Å². The van der Waals surface area contributed by atoms with Gasteiger partial charge in [-0.2, -0.15) is 5.10 Å². The van der Waals surface area contributed by atoms with Gasteiger partial charge in [0, 0.05) is 24.7 Å². The lowest BCUT2D eigenvalue weighted by Gasteiger charge is -2.23. The molecule has 23 heavy (non-hydrogen) atoms. The second-order valence-electron chi connectivity index (χ2n) is 6.07. The zero-order valence-corrected chi connectivity index (χ0v) is 14.6. The van der Waals surface area contributed by atoms with Crippen LogP contribution in [0.1, 0.15) is 47.9 Å². The van der Waals surface area contributed by atoms with Crippen molar-refractivity contribution >= 4 is 21.5 Å². The van der Waals surface area contributed by atoms with Crippen molar-refractivity contribution in [3.63, 3.8) is 0 Å². The van der Waals surface area contributed by atoms with Gasteiger partial charge in [-0.3, -0.25) is 14.3 Å². The van der Waals surface area contributed by atoms with Crippen molar-refractivity contribution in [1.82, 2.24) is 15.1 Å². The van der Waals surface area contributed by atoms with E-state index in [2.05, 4.69) is 10.4 Å². The highest BCUT2D eigenvalue weighted by Crippen LogP contribution is 2.15. The Hall–Kier alpha value is -1.70. The SMILES string of the molecule is CC(=O)c1c(C)nn(CCC(=O)NC2CCS(=O)(=O)CC2)c1C. The van der Waals surface area contributed by atoms with Crippen LogP contribution in [-0.2, 0) is 21.2 Å². The Kier molecular flexibility index (Phi) is 5.23. The molecule has 128 valence electrons. The van der Waals surface area contributed by atoms with E-state index >= 15 is 0 Å². The molecule has 0 saturated carbocycles. The van der Waals surface area contributed by atoms with Crippen LogP contribution in [0, 0.1) is 13.8 Å². The van der Waals surface area contributed by atoms with Crippen molar-refractivity contribution in [1.29, 1.82) is 0 Å². The fourth-order valence-corrected chi connectivity index (χ4v) is 4.46. The second kappa shape index (κ2) is 6.82. The highest BCUT2D eigenvalue weighted by Gasteiger charge is 2.24. The van der Waals surface area contributed by atoms with E-state index in [0.29, 0.717) is 30.6 Å². The summed E-state index contributed by atoms with van der Waals surface area (Å²) < 4.78 is 24.4. The maximum atomic E-state index is 12.0. The summed E-state index contributed by atoms with van der Waals surface area (Å²) in [5.74, 6) is 0.125. The number of hydrogen-bond donors (Lipinski definition) is 1. The minimum Gasteiger partial charge on any atom is -0.353 e. The Morgan fingerprint density at radius 1 is 1.26 bits per heavy atom.